The summed E-state index contributed by atoms with van der Waals surface area (Å²) in [5.41, 5.74) is -0.126. The lowest BCUT2D eigenvalue weighted by atomic mass is 9.90. The number of carbonyl (C=O) groups excluding carboxylic acids is 2. The van der Waals surface area contributed by atoms with E-state index in [-0.39, 0.29) is 10.8 Å². The molecule has 40 heavy (non-hydrogen) atoms. The molecule has 1 amide bonds. The number of sulfone groups is 1. The number of benzene rings is 2. The first-order valence-electron chi connectivity index (χ1n) is 12.3. The number of β-lactam (4-membered cyclic amide) rings is 1. The molecule has 0 spiro atoms. The Bertz CT molecular complexity index is 1530. The highest BCUT2D eigenvalue weighted by atomic mass is 35.5. The number of aromatic nitrogens is 1. The van der Waals surface area contributed by atoms with Crippen LogP contribution < -0.4 is 0 Å². The van der Waals surface area contributed by atoms with Crippen molar-refractivity contribution in [2.45, 2.75) is 30.0 Å². The van der Waals surface area contributed by atoms with Gasteiger partial charge in [0.05, 0.1) is 17.0 Å². The van der Waals surface area contributed by atoms with Crippen molar-refractivity contribution in [2.75, 3.05) is 5.75 Å². The number of rotatable bonds is 8. The molecule has 3 heterocycles. The first kappa shape index (κ1) is 27.6. The number of amides is 1. The zero-order valence-corrected chi connectivity index (χ0v) is 22.9. The number of pyridine rings is 1. The molecule has 2 aliphatic rings. The zero-order chi connectivity index (χ0) is 28.5. The molecule has 3 aromatic rings. The van der Waals surface area contributed by atoms with Gasteiger partial charge in [0.15, 0.2) is 33.0 Å². The van der Waals surface area contributed by atoms with E-state index >= 15 is 0 Å². The quantitative estimate of drug-likeness (QED) is 0.0974. The number of esters is 1. The van der Waals surface area contributed by atoms with Gasteiger partial charge in [0.2, 0.25) is 5.22 Å². The summed E-state index contributed by atoms with van der Waals surface area (Å²) < 4.78 is 33.0. The van der Waals surface area contributed by atoms with Crippen LogP contribution in [-0.2, 0) is 33.9 Å². The van der Waals surface area contributed by atoms with Gasteiger partial charge in [0, 0.05) is 6.20 Å². The molecule has 2 saturated heterocycles. The normalized spacial score (nSPS) is 24.2. The summed E-state index contributed by atoms with van der Waals surface area (Å²) in [7, 11) is -4.06. The fourth-order valence-corrected chi connectivity index (χ4v) is 7.32. The van der Waals surface area contributed by atoms with Gasteiger partial charge < -0.3 is 14.5 Å². The molecule has 0 bridgehead atoms. The molecule has 1 unspecified atom stereocenters. The van der Waals surface area contributed by atoms with Crippen LogP contribution in [0.25, 0.3) is 6.08 Å². The lowest BCUT2D eigenvalue weighted by molar-refractivity contribution is -0.332. The Labute approximate surface area is 236 Å². The van der Waals surface area contributed by atoms with Gasteiger partial charge in [-0.2, -0.15) is 4.89 Å². The van der Waals surface area contributed by atoms with E-state index in [2.05, 4.69) is 11.6 Å². The number of carbonyl (C=O) groups is 2. The molecule has 9 nitrogen and oxygen atoms in total. The highest BCUT2D eigenvalue weighted by molar-refractivity contribution is 7.92. The van der Waals surface area contributed by atoms with E-state index < -0.39 is 50.6 Å². The van der Waals surface area contributed by atoms with E-state index in [0.717, 1.165) is 4.90 Å². The maximum absolute atomic E-state index is 14.0. The van der Waals surface area contributed by atoms with E-state index in [1.165, 1.54) is 19.2 Å². The molecule has 1 aromatic heterocycles. The molecule has 5 rings (SSSR count). The van der Waals surface area contributed by atoms with Gasteiger partial charge in [-0.3, -0.25) is 9.78 Å². The van der Waals surface area contributed by atoms with Crippen LogP contribution in [0.3, 0.4) is 0 Å². The van der Waals surface area contributed by atoms with Crippen LogP contribution in [0, 0.1) is 0 Å². The van der Waals surface area contributed by atoms with Gasteiger partial charge in [-0.15, -0.1) is 0 Å². The van der Waals surface area contributed by atoms with Crippen LogP contribution in [-0.4, -0.2) is 52.9 Å². The summed E-state index contributed by atoms with van der Waals surface area (Å²) in [5, 5.41) is -1.78. The van der Waals surface area contributed by atoms with Crippen molar-refractivity contribution in [2.24, 2.45) is 0 Å². The Kier molecular flexibility index (Phi) is 7.50. The number of halogens is 1. The second kappa shape index (κ2) is 10.9. The van der Waals surface area contributed by atoms with Crippen LogP contribution in [0.4, 0.5) is 0 Å². The van der Waals surface area contributed by atoms with Gasteiger partial charge in [-0.1, -0.05) is 66.7 Å². The molecule has 0 saturated carbocycles. The third-order valence-electron chi connectivity index (χ3n) is 6.66. The molecule has 0 N–H and O–H groups in total. The third kappa shape index (κ3) is 5.25. The van der Waals surface area contributed by atoms with E-state index in [9.17, 15) is 18.0 Å². The van der Waals surface area contributed by atoms with Crippen LogP contribution in [0.1, 0.15) is 29.8 Å². The Balaban J connectivity index is 1.55. The predicted octanol–water partition coefficient (Wildman–Crippen LogP) is 4.18. The largest absolute Gasteiger partial charge is 0.451 e. The molecular weight excluding hydrogens is 556 g/mol. The van der Waals surface area contributed by atoms with Gasteiger partial charge >= 0.3 is 5.97 Å². The molecule has 2 aromatic carbocycles. The predicted molar refractivity (Wildman–Crippen MR) is 147 cm³/mol. The van der Waals surface area contributed by atoms with E-state index in [4.69, 9.17) is 26.1 Å². The summed E-state index contributed by atoms with van der Waals surface area (Å²) in [6.45, 7) is 4.73. The molecule has 0 radical (unpaired) electrons. The lowest BCUT2D eigenvalue weighted by Crippen LogP contribution is -2.76. The molecular formula is C29H25ClN2O7S. The number of hydrogen-bond donors (Lipinski definition) is 0. The minimum Gasteiger partial charge on any atom is -0.451 e. The van der Waals surface area contributed by atoms with E-state index in [1.807, 2.05) is 36.4 Å². The standard InChI is InChI=1S/C29H25ClN2O7S/c1-19(30)38-39-29(2)18-40(35,36)27-23(17-22-15-9-10-16-31-22)26(33)32(27)25(29)28(34)37-24(20-11-5-3-6-12-20)21-13-7-4-8-14-21/h3-17,24-25,27H,1,18H2,2H3/t25-,27+,29?/m0/s1. The van der Waals surface area contributed by atoms with Gasteiger partial charge in [-0.25, -0.2) is 13.2 Å². The number of ether oxygens (including phenoxy) is 1. The molecule has 2 aliphatic heterocycles. The fourth-order valence-electron chi connectivity index (χ4n) is 5.01. The Morgan fingerprint density at radius 3 is 2.23 bits per heavy atom. The highest BCUT2D eigenvalue weighted by Gasteiger charge is 2.66. The minimum atomic E-state index is -4.06. The first-order chi connectivity index (χ1) is 19.1. The molecule has 206 valence electrons. The summed E-state index contributed by atoms with van der Waals surface area (Å²) >= 11 is 5.72. The Morgan fingerprint density at radius 2 is 1.68 bits per heavy atom. The van der Waals surface area contributed by atoms with Crippen LogP contribution in [0.15, 0.2) is 102 Å². The summed E-state index contributed by atoms with van der Waals surface area (Å²) in [5.74, 6) is -2.22. The maximum atomic E-state index is 14.0. The number of nitrogens with zero attached hydrogens (tertiary/aromatic N) is 2. The van der Waals surface area contributed by atoms with E-state index in [1.54, 1.807) is 42.5 Å². The zero-order valence-electron chi connectivity index (χ0n) is 21.3. The third-order valence-corrected chi connectivity index (χ3v) is 8.86. The number of fused-ring (bicyclic) bond motifs is 1. The van der Waals surface area contributed by atoms with Crippen LogP contribution in [0.2, 0.25) is 0 Å². The summed E-state index contributed by atoms with van der Waals surface area (Å²) in [4.78, 5) is 42.9. The average molecular weight is 581 g/mol. The van der Waals surface area contributed by atoms with Crippen molar-refractivity contribution in [3.8, 4) is 0 Å². The van der Waals surface area contributed by atoms with Crippen molar-refractivity contribution in [3.05, 3.63) is 119 Å². The summed E-state index contributed by atoms with van der Waals surface area (Å²) in [6.07, 6.45) is 2.08. The Morgan fingerprint density at radius 1 is 1.07 bits per heavy atom. The Hall–Kier alpha value is -3.99. The average Bonchev–Trinajstić information content (AvgIpc) is 2.94. The highest BCUT2D eigenvalue weighted by Crippen LogP contribution is 2.45. The monoisotopic (exact) mass is 580 g/mol. The molecule has 11 heteroatoms. The molecule has 2 fully saturated rings. The molecule has 3 atom stereocenters. The minimum absolute atomic E-state index is 0.0103. The van der Waals surface area contributed by atoms with Gasteiger partial charge in [0.25, 0.3) is 5.91 Å². The van der Waals surface area contributed by atoms with Gasteiger partial charge in [0.1, 0.15) is 0 Å². The topological polar surface area (TPSA) is 112 Å². The van der Waals surface area contributed by atoms with Gasteiger partial charge in [-0.05, 0) is 54.4 Å². The second-order valence-corrected chi connectivity index (χ2v) is 12.1. The summed E-state index contributed by atoms with van der Waals surface area (Å²) in [6, 6.07) is 21.7. The van der Waals surface area contributed by atoms with Crippen molar-refractivity contribution in [1.29, 1.82) is 0 Å². The van der Waals surface area contributed by atoms with Crippen molar-refractivity contribution in [1.82, 2.24) is 9.88 Å². The van der Waals surface area contributed by atoms with Crippen LogP contribution in [0.5, 0.6) is 0 Å². The number of hydrogen-bond acceptors (Lipinski definition) is 8. The first-order valence-corrected chi connectivity index (χ1v) is 14.4. The SMILES string of the molecule is C=C(Cl)OOC1(C)CS(=O)(=O)[C@@H]2C(=Cc3ccccn3)C(=O)N2[C@H]1C(=O)OC(c1ccccc1)c1ccccc1. The van der Waals surface area contributed by atoms with Crippen molar-refractivity contribution >= 4 is 39.4 Å². The lowest BCUT2D eigenvalue weighted by Gasteiger charge is -2.53. The van der Waals surface area contributed by atoms with E-state index in [0.29, 0.717) is 16.8 Å². The molecule has 0 aliphatic carbocycles. The second-order valence-electron chi connectivity index (χ2n) is 9.60. The maximum Gasteiger partial charge on any atom is 0.333 e. The van der Waals surface area contributed by atoms with Crippen molar-refractivity contribution < 1.29 is 32.5 Å². The van der Waals surface area contributed by atoms with Crippen molar-refractivity contribution in [3.63, 3.8) is 0 Å². The fraction of sp³-hybridized carbons (Fsp3) is 0.207. The smallest absolute Gasteiger partial charge is 0.333 e. The van der Waals surface area contributed by atoms with Crippen LogP contribution >= 0.6 is 11.6 Å².